The zero-order valence-corrected chi connectivity index (χ0v) is 39.8. The summed E-state index contributed by atoms with van der Waals surface area (Å²) in [5, 5.41) is 72.9. The number of rotatable bonds is 25. The number of aliphatic hydroxyl groups is 3. The molecule has 2 aromatic heterocycles. The van der Waals surface area contributed by atoms with Crippen molar-refractivity contribution in [3.63, 3.8) is 0 Å². The van der Waals surface area contributed by atoms with Crippen molar-refractivity contribution in [1.82, 2.24) is 40.6 Å². The van der Waals surface area contributed by atoms with Gasteiger partial charge >= 0.3 is 23.9 Å². The van der Waals surface area contributed by atoms with Crippen LogP contribution in [0.4, 0.5) is 0 Å². The number of aryl methyl sites for hydroxylation is 2. The summed E-state index contributed by atoms with van der Waals surface area (Å²) in [5.41, 5.74) is 1.07. The van der Waals surface area contributed by atoms with Gasteiger partial charge in [-0.1, -0.05) is 37.1 Å². The van der Waals surface area contributed by atoms with E-state index in [0.29, 0.717) is 75.6 Å². The van der Waals surface area contributed by atoms with E-state index in [0.717, 1.165) is 12.2 Å². The predicted molar refractivity (Wildman–Crippen MR) is 235 cm³/mol. The molecule has 26 nitrogen and oxygen atoms in total. The third-order valence-corrected chi connectivity index (χ3v) is 11.7. The molecule has 2 amide bonds. The fraction of sp³-hybridized carbons (Fsp3) is 0.682. The Morgan fingerprint density at radius 2 is 1.13 bits per heavy atom. The number of aromatic nitrogens is 6. The number of aliphatic hydroxyl groups excluding tert-OH is 3. The SMILES string of the molecule is CC[C@@H](CCCCc1cn([C@H]2[C@H](OC(C)=O)[C@@H](OC(C)=O)[C@H](n3cc(CCCC[C@H](CC)O[C@@H]4OC(C(=O)O)=C[C@H](O)[C@H]4NC(C)=O)nn3)O[C@@H]2CO)nn1)O[C@@H]1OC(C(=O)O)=C[C@H](O)[C@H]1NC(C)=O. The first-order valence-electron chi connectivity index (χ1n) is 23.2. The van der Waals surface area contributed by atoms with E-state index < -0.39 is 133 Å². The van der Waals surface area contributed by atoms with E-state index in [4.69, 9.17) is 33.2 Å². The van der Waals surface area contributed by atoms with Gasteiger partial charge in [0.05, 0.1) is 36.4 Å². The fourth-order valence-corrected chi connectivity index (χ4v) is 8.39. The van der Waals surface area contributed by atoms with Crippen molar-refractivity contribution in [1.29, 1.82) is 0 Å². The van der Waals surface area contributed by atoms with Gasteiger partial charge in [-0.25, -0.2) is 19.0 Å². The van der Waals surface area contributed by atoms with Crippen molar-refractivity contribution >= 4 is 35.7 Å². The van der Waals surface area contributed by atoms with Crippen LogP contribution in [0.5, 0.6) is 0 Å². The summed E-state index contributed by atoms with van der Waals surface area (Å²) in [7, 11) is 0. The van der Waals surface area contributed by atoms with Crippen LogP contribution in [-0.4, -0.2) is 165 Å². The van der Waals surface area contributed by atoms with Crippen molar-refractivity contribution in [3.05, 3.63) is 47.5 Å². The fourth-order valence-electron chi connectivity index (χ4n) is 8.39. The van der Waals surface area contributed by atoms with Crippen LogP contribution >= 0.6 is 0 Å². The molecule has 5 rings (SSSR count). The quantitative estimate of drug-likeness (QED) is 0.0518. The van der Waals surface area contributed by atoms with E-state index in [1.807, 2.05) is 13.8 Å². The first kappa shape index (κ1) is 54.9. The Labute approximate surface area is 402 Å². The Hall–Kier alpha value is -6.06. The molecule has 388 valence electrons. The molecule has 0 radical (unpaired) electrons. The number of unbranched alkanes of at least 4 members (excludes halogenated alkanes) is 2. The van der Waals surface area contributed by atoms with Crippen molar-refractivity contribution < 1.29 is 87.5 Å². The van der Waals surface area contributed by atoms with E-state index in [-0.39, 0.29) is 0 Å². The average molecular weight is 993 g/mol. The van der Waals surface area contributed by atoms with E-state index in [9.17, 15) is 54.3 Å². The monoisotopic (exact) mass is 992 g/mol. The Balaban J connectivity index is 1.21. The highest BCUT2D eigenvalue weighted by Crippen LogP contribution is 2.38. The minimum absolute atomic E-state index is 0.428. The van der Waals surface area contributed by atoms with Crippen LogP contribution in [0.15, 0.2) is 36.1 Å². The number of hydrogen-bond donors (Lipinski definition) is 7. The van der Waals surface area contributed by atoms with Crippen molar-refractivity contribution in [3.8, 4) is 0 Å². The van der Waals surface area contributed by atoms with E-state index >= 15 is 0 Å². The largest absolute Gasteiger partial charge is 0.475 e. The third kappa shape index (κ3) is 15.0. The molecular formula is C44H64N8O18. The minimum atomic E-state index is -1.39. The number of amides is 2. The maximum atomic E-state index is 12.6. The maximum absolute atomic E-state index is 12.6. The first-order chi connectivity index (χ1) is 33.3. The summed E-state index contributed by atoms with van der Waals surface area (Å²) in [6, 6.07) is -3.10. The van der Waals surface area contributed by atoms with E-state index in [1.54, 1.807) is 12.4 Å². The predicted octanol–water partition coefficient (Wildman–Crippen LogP) is 0.261. The number of carbonyl (C=O) groups is 6. The average Bonchev–Trinajstić information content (AvgIpc) is 3.97. The Morgan fingerprint density at radius 1 is 0.686 bits per heavy atom. The maximum Gasteiger partial charge on any atom is 0.371 e. The molecule has 0 unspecified atom stereocenters. The van der Waals surface area contributed by atoms with Crippen LogP contribution in [0.1, 0.15) is 117 Å². The van der Waals surface area contributed by atoms with Gasteiger partial charge in [-0.05, 0) is 63.5 Å². The number of nitrogens with zero attached hydrogens (tertiary/aromatic N) is 6. The van der Waals surface area contributed by atoms with Gasteiger partial charge in [0.15, 0.2) is 18.4 Å². The highest BCUT2D eigenvalue weighted by Gasteiger charge is 2.52. The lowest BCUT2D eigenvalue weighted by Gasteiger charge is -2.44. The normalized spacial score (nSPS) is 27.4. The second kappa shape index (κ2) is 25.7. The standard InChI is InChI=1S/C44H64N8O18/c1-7-28(66-43-35(45-22(3)54)30(58)17-32(69-43)41(60)61)15-11-9-13-26-19-51(49-47-26)37-34(21-53)68-40(39(65-25(6)57)38(37)64-24(5)56)52-20-27(48-50-52)14-10-12-16-29(8-2)67-44-36(46-23(4)55)31(59)18-33(70-44)42(62)63/h17-20,28-31,34-40,43-44,53,58-59H,7-16,21H2,1-6H3,(H,45,54)(H,46,55)(H,60,61)(H,62,63)/t28-,29-,30-,31-,34+,35+,36+,37+,38-,39+,40+,43+,44+/m0/s1. The highest BCUT2D eigenvalue weighted by molar-refractivity contribution is 5.85. The zero-order chi connectivity index (χ0) is 51.2. The van der Waals surface area contributed by atoms with Crippen LogP contribution in [-0.2, 0) is 74.8 Å². The van der Waals surface area contributed by atoms with Crippen LogP contribution < -0.4 is 10.6 Å². The summed E-state index contributed by atoms with van der Waals surface area (Å²) in [5.74, 6) is -6.13. The summed E-state index contributed by atoms with van der Waals surface area (Å²) in [4.78, 5) is 72.0. The lowest BCUT2D eigenvalue weighted by molar-refractivity contribution is -0.249. The van der Waals surface area contributed by atoms with Gasteiger partial charge in [-0.3, -0.25) is 19.2 Å². The molecule has 2 aromatic rings. The van der Waals surface area contributed by atoms with Gasteiger partial charge in [0, 0.05) is 33.9 Å². The molecule has 0 aliphatic carbocycles. The number of carbonyl (C=O) groups excluding carboxylic acids is 4. The lowest BCUT2D eigenvalue weighted by Crippen LogP contribution is -2.56. The smallest absolute Gasteiger partial charge is 0.371 e. The molecule has 13 atom stereocenters. The molecule has 3 aliphatic rings. The molecule has 0 saturated carbocycles. The molecule has 1 fully saturated rings. The topological polar surface area (TPSA) is 354 Å². The van der Waals surface area contributed by atoms with E-state index in [1.165, 1.54) is 37.1 Å². The lowest BCUT2D eigenvalue weighted by atomic mass is 9.95. The van der Waals surface area contributed by atoms with E-state index in [2.05, 4.69) is 31.3 Å². The van der Waals surface area contributed by atoms with Gasteiger partial charge in [0.25, 0.3) is 0 Å². The highest BCUT2D eigenvalue weighted by atomic mass is 16.7. The molecule has 5 heterocycles. The molecule has 3 aliphatic heterocycles. The molecule has 0 spiro atoms. The number of ether oxygens (including phenoxy) is 7. The second-order valence-electron chi connectivity index (χ2n) is 17.2. The number of hydrogen-bond acceptors (Lipinski definition) is 20. The number of nitrogens with one attached hydrogen (secondary N) is 2. The number of aliphatic carboxylic acids is 2. The van der Waals surface area contributed by atoms with Gasteiger partial charge in [-0.2, -0.15) is 0 Å². The van der Waals surface area contributed by atoms with Crippen LogP contribution in [0.3, 0.4) is 0 Å². The van der Waals surface area contributed by atoms with Crippen molar-refractivity contribution in [2.45, 2.75) is 185 Å². The first-order valence-corrected chi connectivity index (χ1v) is 23.2. The van der Waals surface area contributed by atoms with Crippen LogP contribution in [0.25, 0.3) is 0 Å². The van der Waals surface area contributed by atoms with Gasteiger partial charge < -0.3 is 69.3 Å². The van der Waals surface area contributed by atoms with Crippen molar-refractivity contribution in [2.24, 2.45) is 0 Å². The Kier molecular flexibility index (Phi) is 20.1. The Bertz CT molecular complexity index is 2180. The number of carboxylic acids is 2. The molecule has 0 aromatic carbocycles. The minimum Gasteiger partial charge on any atom is -0.475 e. The third-order valence-electron chi connectivity index (χ3n) is 11.7. The molecule has 7 N–H and O–H groups in total. The van der Waals surface area contributed by atoms with Gasteiger partial charge in [0.1, 0.15) is 36.4 Å². The number of esters is 2. The summed E-state index contributed by atoms with van der Waals surface area (Å²) < 4.78 is 43.7. The van der Waals surface area contributed by atoms with Gasteiger partial charge in [-0.15, -0.1) is 10.2 Å². The molecule has 26 heteroatoms. The molecular weight excluding hydrogens is 929 g/mol. The van der Waals surface area contributed by atoms with Crippen molar-refractivity contribution in [2.75, 3.05) is 6.61 Å². The summed E-state index contributed by atoms with van der Waals surface area (Å²) >= 11 is 0. The number of carboxylic acid groups (broad SMARTS) is 2. The molecule has 0 bridgehead atoms. The van der Waals surface area contributed by atoms with Crippen LogP contribution in [0, 0.1) is 0 Å². The summed E-state index contributed by atoms with van der Waals surface area (Å²) in [6.07, 6.45) is -0.469. The Morgan fingerprint density at radius 3 is 1.54 bits per heavy atom. The van der Waals surface area contributed by atoms with Crippen LogP contribution in [0.2, 0.25) is 0 Å². The molecule has 1 saturated heterocycles. The summed E-state index contributed by atoms with van der Waals surface area (Å²) in [6.45, 7) is 8.03. The zero-order valence-electron chi connectivity index (χ0n) is 39.8. The second-order valence-corrected chi connectivity index (χ2v) is 17.2. The molecule has 70 heavy (non-hydrogen) atoms. The van der Waals surface area contributed by atoms with Gasteiger partial charge in [0.2, 0.25) is 35.9 Å².